The number of carboxylic acids is 1. The number of nitrogens with two attached hydrogens (primary N) is 1. The molecule has 1 atom stereocenters. The predicted molar refractivity (Wildman–Crippen MR) is 83.2 cm³/mol. The van der Waals surface area contributed by atoms with Crippen LogP contribution in [0.2, 0.25) is 0 Å². The van der Waals surface area contributed by atoms with Crippen molar-refractivity contribution in [3.05, 3.63) is 23.8 Å². The summed E-state index contributed by atoms with van der Waals surface area (Å²) in [6.07, 6.45) is 3.72. The molecule has 0 unspecified atom stereocenters. The Morgan fingerprint density at radius 3 is 2.43 bits per heavy atom. The normalized spacial score (nSPS) is 12.3. The second-order valence-electron chi connectivity index (χ2n) is 4.16. The maximum absolute atomic E-state index is 10.5. The van der Waals surface area contributed by atoms with Gasteiger partial charge in [0.2, 0.25) is 5.75 Å². The number of methoxy groups -OCH3 is 2. The van der Waals surface area contributed by atoms with E-state index in [4.69, 9.17) is 20.3 Å². The van der Waals surface area contributed by atoms with Gasteiger partial charge in [0.25, 0.3) is 0 Å². The molecule has 0 saturated carbocycles. The molecule has 0 bridgehead atoms. The number of phenolic OH excluding ortho intramolecular Hbond substituents is 1. The van der Waals surface area contributed by atoms with Crippen molar-refractivity contribution < 1.29 is 24.5 Å². The largest absolute Gasteiger partial charge is 0.502 e. The molecule has 0 aliphatic rings. The van der Waals surface area contributed by atoms with E-state index < -0.39 is 12.0 Å². The molecular formula is C14H19NO5S. The SMILES string of the molecule is COc1cc(C=CCSC[C@H](N)C(=O)O)cc(OC)c1O. The van der Waals surface area contributed by atoms with Gasteiger partial charge in [-0.3, -0.25) is 4.79 Å². The van der Waals surface area contributed by atoms with E-state index >= 15 is 0 Å². The lowest BCUT2D eigenvalue weighted by molar-refractivity contribution is -0.137. The van der Waals surface area contributed by atoms with Gasteiger partial charge in [0.15, 0.2) is 11.5 Å². The molecule has 1 aromatic carbocycles. The second-order valence-corrected chi connectivity index (χ2v) is 5.23. The zero-order chi connectivity index (χ0) is 15.8. The highest BCUT2D eigenvalue weighted by atomic mass is 32.2. The van der Waals surface area contributed by atoms with Crippen LogP contribution in [0, 0.1) is 0 Å². The predicted octanol–water partition coefficient (Wildman–Crippen LogP) is 1.57. The summed E-state index contributed by atoms with van der Waals surface area (Å²) in [7, 11) is 2.93. The first-order valence-electron chi connectivity index (χ1n) is 6.17. The smallest absolute Gasteiger partial charge is 0.321 e. The van der Waals surface area contributed by atoms with Gasteiger partial charge in [0.05, 0.1) is 14.2 Å². The zero-order valence-electron chi connectivity index (χ0n) is 11.9. The van der Waals surface area contributed by atoms with Crippen molar-refractivity contribution in [1.82, 2.24) is 0 Å². The van der Waals surface area contributed by atoms with Gasteiger partial charge in [-0.25, -0.2) is 0 Å². The van der Waals surface area contributed by atoms with Crippen molar-refractivity contribution in [3.8, 4) is 17.2 Å². The highest BCUT2D eigenvalue weighted by molar-refractivity contribution is 7.99. The van der Waals surface area contributed by atoms with Crippen LogP contribution < -0.4 is 15.2 Å². The van der Waals surface area contributed by atoms with E-state index in [-0.39, 0.29) is 5.75 Å². The van der Waals surface area contributed by atoms with Gasteiger partial charge in [-0.05, 0) is 17.7 Å². The maximum atomic E-state index is 10.5. The number of carbonyl (C=O) groups is 1. The Balaban J connectivity index is 2.62. The Morgan fingerprint density at radius 1 is 1.38 bits per heavy atom. The third kappa shape index (κ3) is 5.20. The van der Waals surface area contributed by atoms with Gasteiger partial charge < -0.3 is 25.4 Å². The molecule has 0 aliphatic carbocycles. The van der Waals surface area contributed by atoms with E-state index in [0.29, 0.717) is 23.0 Å². The minimum Gasteiger partial charge on any atom is -0.502 e. The van der Waals surface area contributed by atoms with Crippen LogP contribution in [0.25, 0.3) is 6.08 Å². The van der Waals surface area contributed by atoms with E-state index in [2.05, 4.69) is 0 Å². The van der Waals surface area contributed by atoms with Crippen molar-refractivity contribution in [2.45, 2.75) is 6.04 Å². The molecule has 0 aromatic heterocycles. The summed E-state index contributed by atoms with van der Waals surface area (Å²) in [5, 5.41) is 18.4. The highest BCUT2D eigenvalue weighted by Gasteiger charge is 2.11. The van der Waals surface area contributed by atoms with E-state index in [9.17, 15) is 9.90 Å². The molecule has 1 aromatic rings. The molecule has 7 heteroatoms. The quantitative estimate of drug-likeness (QED) is 0.626. The number of rotatable bonds is 8. The van der Waals surface area contributed by atoms with Gasteiger partial charge in [0.1, 0.15) is 6.04 Å². The van der Waals surface area contributed by atoms with E-state index in [1.54, 1.807) is 12.1 Å². The van der Waals surface area contributed by atoms with Crippen LogP contribution in [-0.2, 0) is 4.79 Å². The third-order valence-electron chi connectivity index (χ3n) is 2.64. The molecule has 21 heavy (non-hydrogen) atoms. The number of thioether (sulfide) groups is 1. The summed E-state index contributed by atoms with van der Waals surface area (Å²) in [6.45, 7) is 0. The summed E-state index contributed by atoms with van der Waals surface area (Å²) in [5.41, 5.74) is 6.21. The second kappa shape index (κ2) is 8.43. The molecule has 0 spiro atoms. The molecule has 0 saturated heterocycles. The molecule has 4 N–H and O–H groups in total. The first-order valence-corrected chi connectivity index (χ1v) is 7.32. The number of hydrogen-bond donors (Lipinski definition) is 3. The fraction of sp³-hybridized carbons (Fsp3) is 0.357. The van der Waals surface area contributed by atoms with Gasteiger partial charge in [-0.1, -0.05) is 12.2 Å². The fourth-order valence-corrected chi connectivity index (χ4v) is 2.29. The Hall–Kier alpha value is -1.86. The van der Waals surface area contributed by atoms with Crippen LogP contribution in [0.15, 0.2) is 18.2 Å². The van der Waals surface area contributed by atoms with E-state index in [1.807, 2.05) is 12.2 Å². The number of aromatic hydroxyl groups is 1. The summed E-state index contributed by atoms with van der Waals surface area (Å²) in [4.78, 5) is 10.5. The van der Waals surface area contributed by atoms with Gasteiger partial charge in [-0.15, -0.1) is 0 Å². The standard InChI is InChI=1S/C14H19NO5S/c1-19-11-6-9(7-12(20-2)13(11)16)4-3-5-21-8-10(15)14(17)18/h3-4,6-7,10,16H,5,8,15H2,1-2H3,(H,17,18)/t10-/m0/s1. The van der Waals surface area contributed by atoms with Crippen LogP contribution in [0.5, 0.6) is 17.2 Å². The molecule has 116 valence electrons. The lowest BCUT2D eigenvalue weighted by Crippen LogP contribution is -2.32. The highest BCUT2D eigenvalue weighted by Crippen LogP contribution is 2.37. The van der Waals surface area contributed by atoms with Crippen molar-refractivity contribution in [2.75, 3.05) is 25.7 Å². The van der Waals surface area contributed by atoms with Crippen LogP contribution in [0.1, 0.15) is 5.56 Å². The Kier molecular flexibility index (Phi) is 6.90. The number of phenols is 1. The number of ether oxygens (including phenoxy) is 2. The summed E-state index contributed by atoms with van der Waals surface area (Å²) in [5.74, 6) is 0.594. The lowest BCUT2D eigenvalue weighted by Gasteiger charge is -2.09. The first kappa shape index (κ1) is 17.2. The molecule has 0 amide bonds. The molecular weight excluding hydrogens is 294 g/mol. The molecule has 6 nitrogen and oxygen atoms in total. The molecule has 0 aliphatic heterocycles. The van der Waals surface area contributed by atoms with Crippen molar-refractivity contribution >= 4 is 23.8 Å². The summed E-state index contributed by atoms with van der Waals surface area (Å²) >= 11 is 1.43. The van der Waals surface area contributed by atoms with Crippen LogP contribution in [0.3, 0.4) is 0 Å². The Bertz CT molecular complexity index is 493. The third-order valence-corrected chi connectivity index (χ3v) is 3.66. The monoisotopic (exact) mass is 313 g/mol. The topological polar surface area (TPSA) is 102 Å². The Morgan fingerprint density at radius 2 is 1.95 bits per heavy atom. The average Bonchev–Trinajstić information content (AvgIpc) is 2.47. The van der Waals surface area contributed by atoms with E-state index in [0.717, 1.165) is 5.56 Å². The number of carboxylic acid groups (broad SMARTS) is 1. The maximum Gasteiger partial charge on any atom is 0.321 e. The van der Waals surface area contributed by atoms with Gasteiger partial charge >= 0.3 is 5.97 Å². The van der Waals surface area contributed by atoms with E-state index in [1.165, 1.54) is 26.0 Å². The minimum absolute atomic E-state index is 0.0426. The first-order chi connectivity index (χ1) is 9.99. The van der Waals surface area contributed by atoms with Gasteiger partial charge in [0, 0.05) is 11.5 Å². The van der Waals surface area contributed by atoms with Crippen LogP contribution in [-0.4, -0.2) is 47.9 Å². The molecule has 0 heterocycles. The Labute approximate surface area is 127 Å². The zero-order valence-corrected chi connectivity index (χ0v) is 12.7. The summed E-state index contributed by atoms with van der Waals surface area (Å²) < 4.78 is 10.1. The molecule has 0 radical (unpaired) electrons. The van der Waals surface area contributed by atoms with Crippen molar-refractivity contribution in [1.29, 1.82) is 0 Å². The fourth-order valence-electron chi connectivity index (χ4n) is 1.53. The number of benzene rings is 1. The number of aliphatic carboxylic acids is 1. The minimum atomic E-state index is -1.00. The number of hydrogen-bond acceptors (Lipinski definition) is 6. The van der Waals surface area contributed by atoms with Crippen molar-refractivity contribution in [3.63, 3.8) is 0 Å². The van der Waals surface area contributed by atoms with Gasteiger partial charge in [-0.2, -0.15) is 11.8 Å². The molecule has 1 rings (SSSR count). The van der Waals surface area contributed by atoms with Crippen LogP contribution in [0.4, 0.5) is 0 Å². The lowest BCUT2D eigenvalue weighted by atomic mass is 10.1. The van der Waals surface area contributed by atoms with Crippen molar-refractivity contribution in [2.24, 2.45) is 5.73 Å². The summed E-state index contributed by atoms with van der Waals surface area (Å²) in [6, 6.07) is 2.52. The molecule has 0 fully saturated rings. The average molecular weight is 313 g/mol. The van der Waals surface area contributed by atoms with Crippen LogP contribution >= 0.6 is 11.8 Å².